The van der Waals surface area contributed by atoms with E-state index in [1.54, 1.807) is 6.20 Å². The fraction of sp³-hybridized carbons (Fsp3) is 0.611. The van der Waals surface area contributed by atoms with E-state index in [2.05, 4.69) is 27.5 Å². The van der Waals surface area contributed by atoms with Crippen molar-refractivity contribution in [1.29, 1.82) is 0 Å². The number of amides is 1. The van der Waals surface area contributed by atoms with Gasteiger partial charge in [0.2, 0.25) is 5.91 Å². The lowest BCUT2D eigenvalue weighted by molar-refractivity contribution is -0.122. The Morgan fingerprint density at radius 2 is 2.04 bits per heavy atom. The molecular formula is C18H32IN5O. The van der Waals surface area contributed by atoms with Crippen molar-refractivity contribution < 1.29 is 4.79 Å². The summed E-state index contributed by atoms with van der Waals surface area (Å²) in [5, 5.41) is 6.20. The van der Waals surface area contributed by atoms with Gasteiger partial charge in [-0.2, -0.15) is 0 Å². The Bertz CT molecular complexity index is 569. The monoisotopic (exact) mass is 461 g/mol. The smallest absolute Gasteiger partial charge is 0.240 e. The zero-order valence-corrected chi connectivity index (χ0v) is 18.5. The lowest BCUT2D eigenvalue weighted by Crippen LogP contribution is -2.48. The molecule has 0 fully saturated rings. The van der Waals surface area contributed by atoms with E-state index < -0.39 is 0 Å². The van der Waals surface area contributed by atoms with Crippen LogP contribution in [0.25, 0.3) is 0 Å². The number of halogens is 1. The Kier molecular flexibility index (Phi) is 10.7. The van der Waals surface area contributed by atoms with Gasteiger partial charge in [0, 0.05) is 38.1 Å². The number of carbonyl (C=O) groups excluding carboxylic acids is 1. The third kappa shape index (κ3) is 9.62. The summed E-state index contributed by atoms with van der Waals surface area (Å²) in [5.74, 6) is 0.730. The third-order valence-electron chi connectivity index (χ3n) is 3.37. The summed E-state index contributed by atoms with van der Waals surface area (Å²) in [7, 11) is 1.88. The molecule has 25 heavy (non-hydrogen) atoms. The summed E-state index contributed by atoms with van der Waals surface area (Å²) in [5.41, 5.74) is 2.19. The van der Waals surface area contributed by atoms with Crippen LogP contribution in [0.3, 0.4) is 0 Å². The van der Waals surface area contributed by atoms with E-state index in [0.717, 1.165) is 18.9 Å². The lowest BCUT2D eigenvalue weighted by atomic mass is 10.1. The summed E-state index contributed by atoms with van der Waals surface area (Å²) >= 11 is 0. The fourth-order valence-corrected chi connectivity index (χ4v) is 2.28. The van der Waals surface area contributed by atoms with E-state index >= 15 is 0 Å². The number of hydrogen-bond donors (Lipinski definition) is 2. The minimum Gasteiger partial charge on any atom is -0.357 e. The second-order valence-corrected chi connectivity index (χ2v) is 6.94. The molecule has 0 aromatic carbocycles. The molecule has 7 heteroatoms. The van der Waals surface area contributed by atoms with Gasteiger partial charge < -0.3 is 15.5 Å². The molecule has 0 spiro atoms. The number of nitrogens with zero attached hydrogens (tertiary/aromatic N) is 3. The van der Waals surface area contributed by atoms with Crippen LogP contribution in [0.5, 0.6) is 0 Å². The van der Waals surface area contributed by atoms with Crippen molar-refractivity contribution in [3.63, 3.8) is 0 Å². The van der Waals surface area contributed by atoms with Crippen LogP contribution in [0.2, 0.25) is 0 Å². The topological polar surface area (TPSA) is 69.6 Å². The van der Waals surface area contributed by atoms with Gasteiger partial charge >= 0.3 is 0 Å². The molecule has 1 amide bonds. The molecule has 1 aromatic heterocycles. The number of likely N-dealkylation sites (N-methyl/N-ethyl adjacent to an activating group) is 1. The van der Waals surface area contributed by atoms with Crippen molar-refractivity contribution in [3.8, 4) is 0 Å². The van der Waals surface area contributed by atoms with Crippen molar-refractivity contribution in [3.05, 3.63) is 29.6 Å². The molecule has 0 unspecified atom stereocenters. The SMILES string of the molecule is CCNC(=NCCc1ccncc1C)N(C)CC(=O)NC(C)(C)C.I. The van der Waals surface area contributed by atoms with Crippen molar-refractivity contribution in [2.24, 2.45) is 4.99 Å². The van der Waals surface area contributed by atoms with Gasteiger partial charge in [0.1, 0.15) is 0 Å². The van der Waals surface area contributed by atoms with Crippen molar-refractivity contribution >= 4 is 35.8 Å². The highest BCUT2D eigenvalue weighted by atomic mass is 127. The Hall–Kier alpha value is -1.38. The minimum absolute atomic E-state index is 0. The number of aliphatic imine (C=N–C) groups is 1. The van der Waals surface area contributed by atoms with E-state index in [0.29, 0.717) is 6.54 Å². The molecule has 0 aliphatic heterocycles. The van der Waals surface area contributed by atoms with E-state index in [9.17, 15) is 4.79 Å². The van der Waals surface area contributed by atoms with Crippen molar-refractivity contribution in [1.82, 2.24) is 20.5 Å². The quantitative estimate of drug-likeness (QED) is 0.388. The van der Waals surface area contributed by atoms with Crippen molar-refractivity contribution in [2.45, 2.75) is 46.6 Å². The number of guanidine groups is 1. The first-order valence-electron chi connectivity index (χ1n) is 8.43. The average Bonchev–Trinajstić information content (AvgIpc) is 2.46. The highest BCUT2D eigenvalue weighted by molar-refractivity contribution is 14.0. The molecule has 1 heterocycles. The maximum atomic E-state index is 12.1. The van der Waals surface area contributed by atoms with Gasteiger partial charge in [-0.3, -0.25) is 14.8 Å². The predicted octanol–water partition coefficient (Wildman–Crippen LogP) is 2.36. The molecule has 0 aliphatic carbocycles. The molecule has 0 aliphatic rings. The molecule has 142 valence electrons. The summed E-state index contributed by atoms with van der Waals surface area (Å²) in [6.45, 7) is 11.7. The molecule has 0 radical (unpaired) electrons. The summed E-state index contributed by atoms with van der Waals surface area (Å²) < 4.78 is 0. The first-order valence-corrected chi connectivity index (χ1v) is 8.43. The molecule has 6 nitrogen and oxygen atoms in total. The molecule has 1 rings (SSSR count). The fourth-order valence-electron chi connectivity index (χ4n) is 2.28. The van der Waals surface area contributed by atoms with Crippen LogP contribution in [0.1, 0.15) is 38.8 Å². The van der Waals surface area contributed by atoms with Gasteiger partial charge in [0.15, 0.2) is 5.96 Å². The highest BCUT2D eigenvalue weighted by Gasteiger charge is 2.16. The number of aryl methyl sites for hydroxylation is 1. The zero-order valence-electron chi connectivity index (χ0n) is 16.2. The molecular weight excluding hydrogens is 429 g/mol. The third-order valence-corrected chi connectivity index (χ3v) is 3.37. The van der Waals surface area contributed by atoms with E-state index in [1.165, 1.54) is 11.1 Å². The number of aromatic nitrogens is 1. The Balaban J connectivity index is 0.00000576. The average molecular weight is 461 g/mol. The largest absolute Gasteiger partial charge is 0.357 e. The highest BCUT2D eigenvalue weighted by Crippen LogP contribution is 2.06. The number of carbonyl (C=O) groups is 1. The van der Waals surface area contributed by atoms with Crippen LogP contribution in [0.15, 0.2) is 23.5 Å². The van der Waals surface area contributed by atoms with Gasteiger partial charge in [-0.1, -0.05) is 0 Å². The zero-order chi connectivity index (χ0) is 18.2. The first-order chi connectivity index (χ1) is 11.2. The Labute approximate surface area is 168 Å². The maximum absolute atomic E-state index is 12.1. The minimum atomic E-state index is -0.230. The molecule has 0 bridgehead atoms. The number of rotatable bonds is 6. The Morgan fingerprint density at radius 3 is 2.60 bits per heavy atom. The summed E-state index contributed by atoms with van der Waals surface area (Å²) in [6.07, 6.45) is 4.53. The van der Waals surface area contributed by atoms with Crippen LogP contribution in [0.4, 0.5) is 0 Å². The van der Waals surface area contributed by atoms with Gasteiger partial charge in [-0.25, -0.2) is 0 Å². The van der Waals surface area contributed by atoms with E-state index in [4.69, 9.17) is 0 Å². The Morgan fingerprint density at radius 1 is 1.36 bits per heavy atom. The molecule has 0 saturated carbocycles. The molecule has 1 aromatic rings. The first kappa shape index (κ1) is 23.6. The summed E-state index contributed by atoms with van der Waals surface area (Å²) in [4.78, 5) is 22.7. The van der Waals surface area contributed by atoms with Gasteiger partial charge in [0.05, 0.1) is 6.54 Å². The number of hydrogen-bond acceptors (Lipinski definition) is 3. The normalized spacial score (nSPS) is 11.5. The van der Waals surface area contributed by atoms with Gasteiger partial charge in [0.25, 0.3) is 0 Å². The molecule has 0 atom stereocenters. The second kappa shape index (κ2) is 11.3. The van der Waals surface area contributed by atoms with Crippen molar-refractivity contribution in [2.75, 3.05) is 26.7 Å². The van der Waals surface area contributed by atoms with Crippen LogP contribution in [-0.2, 0) is 11.2 Å². The maximum Gasteiger partial charge on any atom is 0.240 e. The lowest BCUT2D eigenvalue weighted by Gasteiger charge is -2.25. The van der Waals surface area contributed by atoms with E-state index in [1.807, 2.05) is 51.9 Å². The summed E-state index contributed by atoms with van der Waals surface area (Å²) in [6, 6.07) is 2.03. The predicted molar refractivity (Wildman–Crippen MR) is 115 cm³/mol. The molecule has 2 N–H and O–H groups in total. The standard InChI is InChI=1S/C18H31N5O.HI/c1-7-20-17(23(6)13-16(24)22-18(3,4)5)21-11-9-15-8-10-19-12-14(15)2;/h8,10,12H,7,9,11,13H2,1-6H3,(H,20,21)(H,22,24);1H. The van der Waals surface area contributed by atoms with E-state index in [-0.39, 0.29) is 42.0 Å². The van der Waals surface area contributed by atoms with Crippen LogP contribution < -0.4 is 10.6 Å². The van der Waals surface area contributed by atoms with Gasteiger partial charge in [-0.05, 0) is 58.2 Å². The van der Waals surface area contributed by atoms with Crippen LogP contribution >= 0.6 is 24.0 Å². The number of pyridine rings is 1. The molecule has 0 saturated heterocycles. The second-order valence-electron chi connectivity index (χ2n) is 6.94. The number of nitrogens with one attached hydrogen (secondary N) is 2. The van der Waals surface area contributed by atoms with Crippen LogP contribution in [-0.4, -0.2) is 54.0 Å². The van der Waals surface area contributed by atoms with Gasteiger partial charge in [-0.15, -0.1) is 24.0 Å². The van der Waals surface area contributed by atoms with Crippen LogP contribution in [0, 0.1) is 6.92 Å².